The van der Waals surface area contributed by atoms with E-state index in [1.54, 1.807) is 6.26 Å². The van der Waals surface area contributed by atoms with Crippen molar-refractivity contribution in [2.45, 2.75) is 0 Å². The summed E-state index contributed by atoms with van der Waals surface area (Å²) < 4.78 is 7.60. The lowest BCUT2D eigenvalue weighted by atomic mass is 10.0. The van der Waals surface area contributed by atoms with E-state index in [-0.39, 0.29) is 0 Å². The first-order valence-corrected chi connectivity index (χ1v) is 10.9. The third-order valence-electron chi connectivity index (χ3n) is 5.74. The molecule has 2 heterocycles. The Morgan fingerprint density at radius 1 is 0.576 bits per heavy atom. The van der Waals surface area contributed by atoms with Gasteiger partial charge in [0.1, 0.15) is 12.0 Å². The minimum Gasteiger partial charge on any atom is -0.432 e. The van der Waals surface area contributed by atoms with E-state index in [4.69, 9.17) is 9.40 Å². The first-order chi connectivity index (χ1) is 16.4. The van der Waals surface area contributed by atoms with Crippen LogP contribution in [-0.2, 0) is 0 Å². The molecular formula is C29H21N3O. The van der Waals surface area contributed by atoms with Gasteiger partial charge in [-0.25, -0.2) is 0 Å². The maximum absolute atomic E-state index is 5.60. The third kappa shape index (κ3) is 3.48. The summed E-state index contributed by atoms with van der Waals surface area (Å²) in [6.07, 6.45) is 3.58. The average Bonchev–Trinajstić information content (AvgIpc) is 3.48. The third-order valence-corrected chi connectivity index (χ3v) is 5.74. The van der Waals surface area contributed by atoms with Gasteiger partial charge in [-0.2, -0.15) is 4.98 Å². The molecule has 0 amide bonds. The Bertz CT molecular complexity index is 1450. The van der Waals surface area contributed by atoms with Crippen LogP contribution in [0.25, 0.3) is 28.4 Å². The largest absolute Gasteiger partial charge is 0.432 e. The zero-order chi connectivity index (χ0) is 22.0. The first kappa shape index (κ1) is 19.1. The summed E-state index contributed by atoms with van der Waals surface area (Å²) in [5.74, 6) is 0.586. The number of aromatic nitrogens is 2. The van der Waals surface area contributed by atoms with E-state index in [2.05, 4.69) is 89.8 Å². The Hall–Kier alpha value is -4.57. The molecular weight excluding hydrogens is 406 g/mol. The Labute approximate surface area is 192 Å². The van der Waals surface area contributed by atoms with Crippen LogP contribution in [-0.4, -0.2) is 9.38 Å². The van der Waals surface area contributed by atoms with E-state index in [0.29, 0.717) is 5.84 Å². The highest BCUT2D eigenvalue weighted by molar-refractivity contribution is 5.83. The van der Waals surface area contributed by atoms with Gasteiger partial charge in [0.25, 0.3) is 0 Å². The van der Waals surface area contributed by atoms with Crippen molar-refractivity contribution >= 4 is 22.9 Å². The van der Waals surface area contributed by atoms with Crippen LogP contribution in [0.1, 0.15) is 0 Å². The molecule has 0 aliphatic heterocycles. The minimum atomic E-state index is 0.586. The van der Waals surface area contributed by atoms with Gasteiger partial charge >= 0.3 is 5.84 Å². The van der Waals surface area contributed by atoms with Gasteiger partial charge < -0.3 is 9.32 Å². The van der Waals surface area contributed by atoms with Crippen LogP contribution in [0.15, 0.2) is 132 Å². The van der Waals surface area contributed by atoms with Gasteiger partial charge in [-0.15, -0.1) is 0 Å². The fraction of sp³-hybridized carbons (Fsp3) is 0. The number of benzene rings is 4. The average molecular weight is 428 g/mol. The van der Waals surface area contributed by atoms with Gasteiger partial charge in [0.2, 0.25) is 0 Å². The van der Waals surface area contributed by atoms with Crippen molar-refractivity contribution in [2.24, 2.45) is 0 Å². The molecule has 6 aromatic rings. The fourth-order valence-corrected chi connectivity index (χ4v) is 4.23. The molecule has 4 aromatic carbocycles. The molecule has 0 fully saturated rings. The number of hydrogen-bond acceptors (Lipinski definition) is 3. The van der Waals surface area contributed by atoms with Crippen LogP contribution in [0.2, 0.25) is 0 Å². The number of nitrogens with zero attached hydrogens (tertiary/aromatic N) is 3. The quantitative estimate of drug-likeness (QED) is 0.282. The summed E-state index contributed by atoms with van der Waals surface area (Å²) in [6, 6.07) is 39.7. The molecule has 0 N–H and O–H groups in total. The number of hydrogen-bond donors (Lipinski definition) is 0. The monoisotopic (exact) mass is 427 g/mol. The van der Waals surface area contributed by atoms with Crippen molar-refractivity contribution in [3.05, 3.63) is 128 Å². The molecule has 0 saturated heterocycles. The molecule has 0 saturated carbocycles. The van der Waals surface area contributed by atoms with E-state index >= 15 is 0 Å². The van der Waals surface area contributed by atoms with Crippen LogP contribution in [0.3, 0.4) is 0 Å². The lowest BCUT2D eigenvalue weighted by molar-refractivity contribution is 0.596. The highest BCUT2D eigenvalue weighted by Crippen LogP contribution is 2.37. The Morgan fingerprint density at radius 3 is 1.73 bits per heavy atom. The topological polar surface area (TPSA) is 33.7 Å². The van der Waals surface area contributed by atoms with E-state index in [9.17, 15) is 0 Å². The van der Waals surface area contributed by atoms with E-state index < -0.39 is 0 Å². The number of fused-ring (bicyclic) bond motifs is 1. The first-order valence-electron chi connectivity index (χ1n) is 10.9. The summed E-state index contributed by atoms with van der Waals surface area (Å²) in [5, 5.41) is 0. The summed E-state index contributed by atoms with van der Waals surface area (Å²) >= 11 is 0. The normalized spacial score (nSPS) is 11.0. The lowest BCUT2D eigenvalue weighted by Gasteiger charge is -2.25. The summed E-state index contributed by atoms with van der Waals surface area (Å²) in [6.45, 7) is 0. The van der Waals surface area contributed by atoms with Crippen LogP contribution in [0, 0.1) is 0 Å². The summed E-state index contributed by atoms with van der Waals surface area (Å²) in [7, 11) is 0. The summed E-state index contributed by atoms with van der Waals surface area (Å²) in [4.78, 5) is 7.04. The molecule has 0 spiro atoms. The molecule has 0 bridgehead atoms. The Balaban J connectivity index is 1.45. The fourth-order valence-electron chi connectivity index (χ4n) is 4.23. The van der Waals surface area contributed by atoms with Crippen LogP contribution in [0.4, 0.5) is 17.1 Å². The van der Waals surface area contributed by atoms with Gasteiger partial charge in [0.05, 0.1) is 5.69 Å². The number of oxazole rings is 1. The zero-order valence-electron chi connectivity index (χ0n) is 17.9. The summed E-state index contributed by atoms with van der Waals surface area (Å²) in [5.41, 5.74) is 7.37. The van der Waals surface area contributed by atoms with Crippen molar-refractivity contribution in [2.75, 3.05) is 4.90 Å². The number of para-hydroxylation sites is 2. The zero-order valence-corrected chi connectivity index (χ0v) is 17.9. The highest BCUT2D eigenvalue weighted by atomic mass is 16.3. The van der Waals surface area contributed by atoms with E-state index in [0.717, 1.165) is 39.6 Å². The molecule has 158 valence electrons. The number of imidazole rings is 1. The van der Waals surface area contributed by atoms with E-state index in [1.165, 1.54) is 0 Å². The van der Waals surface area contributed by atoms with Crippen molar-refractivity contribution in [3.8, 4) is 22.5 Å². The van der Waals surface area contributed by atoms with Gasteiger partial charge in [-0.05, 0) is 36.4 Å². The Kier molecular flexibility index (Phi) is 4.74. The molecule has 0 aliphatic carbocycles. The van der Waals surface area contributed by atoms with Gasteiger partial charge in [-0.3, -0.25) is 4.40 Å². The smallest absolute Gasteiger partial charge is 0.306 e. The van der Waals surface area contributed by atoms with Crippen molar-refractivity contribution in [1.29, 1.82) is 0 Å². The van der Waals surface area contributed by atoms with Crippen LogP contribution in [0.5, 0.6) is 0 Å². The molecule has 0 radical (unpaired) electrons. The molecule has 0 aliphatic rings. The number of rotatable bonds is 5. The second kappa shape index (κ2) is 8.17. The number of anilines is 3. The van der Waals surface area contributed by atoms with Gasteiger partial charge in [-0.1, -0.05) is 78.9 Å². The predicted octanol–water partition coefficient (Wildman–Crippen LogP) is 7.73. The molecule has 33 heavy (non-hydrogen) atoms. The second-order valence-corrected chi connectivity index (χ2v) is 7.78. The Morgan fingerprint density at radius 2 is 1.12 bits per heavy atom. The predicted molar refractivity (Wildman–Crippen MR) is 133 cm³/mol. The van der Waals surface area contributed by atoms with Gasteiger partial charge in [0.15, 0.2) is 0 Å². The van der Waals surface area contributed by atoms with Crippen molar-refractivity contribution in [1.82, 2.24) is 9.38 Å². The van der Waals surface area contributed by atoms with Crippen molar-refractivity contribution in [3.63, 3.8) is 0 Å². The molecule has 0 unspecified atom stereocenters. The SMILES string of the molecule is c1ccc(-c2c(-c3ccc(N(c4ccccc4)c4ccccc4)cc3)nc3occn23)cc1. The molecule has 4 nitrogen and oxygen atoms in total. The lowest BCUT2D eigenvalue weighted by Crippen LogP contribution is -2.09. The standard InChI is InChI=1S/C29H21N3O/c1-4-10-23(11-5-1)28-27(30-29-31(28)20-21-33-29)22-16-18-26(19-17-22)32(24-12-6-2-7-13-24)25-14-8-3-9-15-25/h1-21H. The second-order valence-electron chi connectivity index (χ2n) is 7.78. The maximum Gasteiger partial charge on any atom is 0.306 e. The van der Waals surface area contributed by atoms with E-state index in [1.807, 2.05) is 40.9 Å². The van der Waals surface area contributed by atoms with Crippen LogP contribution < -0.4 is 4.90 Å². The van der Waals surface area contributed by atoms with Crippen LogP contribution >= 0.6 is 0 Å². The highest BCUT2D eigenvalue weighted by Gasteiger charge is 2.18. The molecule has 4 heteroatoms. The van der Waals surface area contributed by atoms with Gasteiger partial charge in [0, 0.05) is 34.4 Å². The molecule has 0 atom stereocenters. The molecule has 2 aromatic heterocycles. The van der Waals surface area contributed by atoms with Crippen molar-refractivity contribution < 1.29 is 4.42 Å². The minimum absolute atomic E-state index is 0.586. The molecule has 6 rings (SSSR count). The maximum atomic E-state index is 5.60.